The van der Waals surface area contributed by atoms with E-state index >= 15 is 0 Å². The number of ether oxygens (including phenoxy) is 3. The quantitative estimate of drug-likeness (QED) is 0.374. The maximum atomic E-state index is 13.4. The topological polar surface area (TPSA) is 52.9 Å². The fourth-order valence-electron chi connectivity index (χ4n) is 5.00. The van der Waals surface area contributed by atoms with Gasteiger partial charge < -0.3 is 18.8 Å². The van der Waals surface area contributed by atoms with E-state index in [1.165, 1.54) is 0 Å². The van der Waals surface area contributed by atoms with E-state index in [0.29, 0.717) is 30.3 Å². The smallest absolute Gasteiger partial charge is 0.232 e. The molecule has 0 N–H and O–H groups in total. The van der Waals surface area contributed by atoms with E-state index < -0.39 is 0 Å². The fraction of sp³-hybridized carbons (Fsp3) is 0.207. The van der Waals surface area contributed by atoms with Crippen LogP contribution >= 0.6 is 0 Å². The van der Waals surface area contributed by atoms with Gasteiger partial charge in [0.15, 0.2) is 5.76 Å². The summed E-state index contributed by atoms with van der Waals surface area (Å²) in [5, 5.41) is 1.09. The van der Waals surface area contributed by atoms with Gasteiger partial charge in [-0.05, 0) is 48.4 Å². The van der Waals surface area contributed by atoms with Crippen LogP contribution in [0.5, 0.6) is 17.2 Å². The van der Waals surface area contributed by atoms with E-state index in [1.807, 2.05) is 56.6 Å². The summed E-state index contributed by atoms with van der Waals surface area (Å²) in [6, 6.07) is 18.1. The van der Waals surface area contributed by atoms with Crippen LogP contribution in [-0.4, -0.2) is 29.1 Å². The third-order valence-corrected chi connectivity index (χ3v) is 6.77. The Balaban J connectivity index is 1.32. The predicted molar refractivity (Wildman–Crippen MR) is 135 cm³/mol. The highest BCUT2D eigenvalue weighted by molar-refractivity contribution is 6.16. The number of fused-ring (bicyclic) bond motifs is 4. The fourth-order valence-corrected chi connectivity index (χ4v) is 5.00. The molecule has 0 saturated heterocycles. The molecule has 4 aromatic rings. The number of rotatable bonds is 4. The van der Waals surface area contributed by atoms with Crippen molar-refractivity contribution in [2.24, 2.45) is 7.05 Å². The number of benzene rings is 3. The zero-order valence-corrected chi connectivity index (χ0v) is 20.0. The Morgan fingerprint density at radius 1 is 1.11 bits per heavy atom. The van der Waals surface area contributed by atoms with Gasteiger partial charge >= 0.3 is 0 Å². The van der Waals surface area contributed by atoms with Gasteiger partial charge in [0, 0.05) is 42.8 Å². The summed E-state index contributed by atoms with van der Waals surface area (Å²) >= 11 is 0. The van der Waals surface area contributed by atoms with Crippen molar-refractivity contribution in [1.82, 2.24) is 9.47 Å². The maximum Gasteiger partial charge on any atom is 0.232 e. The molecule has 1 aromatic heterocycles. The molecule has 0 radical (unpaired) electrons. The second-order valence-electron chi connectivity index (χ2n) is 9.14. The first-order valence-electron chi connectivity index (χ1n) is 11.6. The first kappa shape index (κ1) is 21.5. The molecule has 0 bridgehead atoms. The van der Waals surface area contributed by atoms with Crippen LogP contribution in [0.25, 0.3) is 17.0 Å². The molecule has 0 spiro atoms. The highest BCUT2D eigenvalue weighted by atomic mass is 16.5. The van der Waals surface area contributed by atoms with Gasteiger partial charge in [0.25, 0.3) is 0 Å². The number of Topliss-reactive ketones (excluding diaryl/α,β-unsaturated/α-hetero) is 1. The first-order valence-corrected chi connectivity index (χ1v) is 11.6. The highest BCUT2D eigenvalue weighted by Crippen LogP contribution is 2.44. The summed E-state index contributed by atoms with van der Waals surface area (Å²) in [6.07, 6.45) is 3.88. The number of allylic oxidation sites excluding steroid dienone is 1. The van der Waals surface area contributed by atoms with Crippen molar-refractivity contribution in [2.45, 2.75) is 20.0 Å². The second-order valence-corrected chi connectivity index (χ2v) is 9.14. The molecular weight excluding hydrogens is 440 g/mol. The Morgan fingerprint density at radius 3 is 2.71 bits per heavy atom. The molecule has 6 heteroatoms. The van der Waals surface area contributed by atoms with Crippen LogP contribution in [-0.2, 0) is 20.1 Å². The number of carbonyl (C=O) groups excluding carboxylic acids is 1. The summed E-state index contributed by atoms with van der Waals surface area (Å²) in [5.41, 5.74) is 5.65. The predicted octanol–water partition coefficient (Wildman–Crippen LogP) is 5.46. The van der Waals surface area contributed by atoms with Crippen LogP contribution in [0, 0.1) is 6.92 Å². The minimum Gasteiger partial charge on any atom is -0.497 e. The van der Waals surface area contributed by atoms with Crippen molar-refractivity contribution in [3.8, 4) is 17.2 Å². The Kier molecular flexibility index (Phi) is 5.11. The van der Waals surface area contributed by atoms with Crippen LogP contribution < -0.4 is 14.2 Å². The van der Waals surface area contributed by atoms with Gasteiger partial charge in [0.1, 0.15) is 24.0 Å². The third kappa shape index (κ3) is 3.67. The molecule has 35 heavy (non-hydrogen) atoms. The van der Waals surface area contributed by atoms with E-state index in [4.69, 9.17) is 14.2 Å². The normalized spacial score (nSPS) is 16.2. The number of nitrogens with zero attached hydrogens (tertiary/aromatic N) is 2. The number of aromatic nitrogens is 1. The van der Waals surface area contributed by atoms with Crippen LogP contribution in [0.4, 0.5) is 0 Å². The maximum absolute atomic E-state index is 13.4. The standard InChI is InChI=1S/C29H26N2O4/c1-18-12-25-23(16-31(17-34-25)14-19-8-10-21(33-3)11-9-19)29-27(18)28(32)26(35-29)13-20-15-30(2)24-7-5-4-6-22(20)24/h4-13,15H,14,16-17H2,1-3H3/b26-13-. The zero-order chi connectivity index (χ0) is 24.1. The summed E-state index contributed by atoms with van der Waals surface area (Å²) in [6.45, 7) is 3.77. The van der Waals surface area contributed by atoms with Gasteiger partial charge in [0.2, 0.25) is 5.78 Å². The van der Waals surface area contributed by atoms with Crippen molar-refractivity contribution in [1.29, 1.82) is 0 Å². The van der Waals surface area contributed by atoms with E-state index in [9.17, 15) is 4.79 Å². The summed E-state index contributed by atoms with van der Waals surface area (Å²) in [5.74, 6) is 2.50. The molecule has 0 amide bonds. The minimum absolute atomic E-state index is 0.0829. The Bertz CT molecular complexity index is 1500. The molecule has 0 atom stereocenters. The molecule has 176 valence electrons. The van der Waals surface area contributed by atoms with Crippen molar-refractivity contribution >= 4 is 22.8 Å². The number of methoxy groups -OCH3 is 1. The first-order chi connectivity index (χ1) is 17.0. The largest absolute Gasteiger partial charge is 0.497 e. The van der Waals surface area contributed by atoms with Gasteiger partial charge in [-0.1, -0.05) is 30.3 Å². The molecule has 0 aliphatic carbocycles. The number of hydrogen-bond donors (Lipinski definition) is 0. The number of aryl methyl sites for hydroxylation is 2. The SMILES string of the molecule is COc1ccc(CN2COc3cc(C)c4c(c3C2)O/C(=C\c2cn(C)c3ccccc23)C4=O)cc1. The van der Waals surface area contributed by atoms with Crippen LogP contribution in [0.2, 0.25) is 0 Å². The van der Waals surface area contributed by atoms with Crippen LogP contribution in [0.1, 0.15) is 32.6 Å². The molecule has 3 heterocycles. The lowest BCUT2D eigenvalue weighted by atomic mass is 9.98. The monoisotopic (exact) mass is 466 g/mol. The van der Waals surface area contributed by atoms with Gasteiger partial charge in [-0.3, -0.25) is 9.69 Å². The van der Waals surface area contributed by atoms with Gasteiger partial charge in [-0.15, -0.1) is 0 Å². The average molecular weight is 467 g/mol. The van der Waals surface area contributed by atoms with Gasteiger partial charge in [0.05, 0.1) is 18.2 Å². The second kappa shape index (κ2) is 8.32. The van der Waals surface area contributed by atoms with Crippen molar-refractivity contribution in [2.75, 3.05) is 13.8 Å². The third-order valence-electron chi connectivity index (χ3n) is 6.77. The van der Waals surface area contributed by atoms with Crippen molar-refractivity contribution in [3.63, 3.8) is 0 Å². The van der Waals surface area contributed by atoms with Crippen molar-refractivity contribution < 1.29 is 19.0 Å². The molecule has 0 unspecified atom stereocenters. The molecule has 2 aliphatic heterocycles. The lowest BCUT2D eigenvalue weighted by Crippen LogP contribution is -2.31. The molecule has 2 aliphatic rings. The number of ketones is 1. The van der Waals surface area contributed by atoms with E-state index in [0.717, 1.165) is 51.2 Å². The average Bonchev–Trinajstić information content (AvgIpc) is 3.37. The summed E-state index contributed by atoms with van der Waals surface area (Å²) < 4.78 is 19.7. The summed E-state index contributed by atoms with van der Waals surface area (Å²) in [4.78, 5) is 15.6. The van der Waals surface area contributed by atoms with Crippen LogP contribution in [0.15, 0.2) is 66.6 Å². The van der Waals surface area contributed by atoms with Crippen LogP contribution in [0.3, 0.4) is 0 Å². The van der Waals surface area contributed by atoms with Gasteiger partial charge in [-0.2, -0.15) is 0 Å². The molecule has 6 rings (SSSR count). The number of para-hydroxylation sites is 1. The Labute approximate surface area is 203 Å². The van der Waals surface area contributed by atoms with E-state index in [1.54, 1.807) is 7.11 Å². The summed E-state index contributed by atoms with van der Waals surface area (Å²) in [7, 11) is 3.67. The molecule has 0 fully saturated rings. The molecule has 0 saturated carbocycles. The zero-order valence-electron chi connectivity index (χ0n) is 20.0. The lowest BCUT2D eigenvalue weighted by Gasteiger charge is -2.30. The molecular formula is C29H26N2O4. The molecule has 3 aromatic carbocycles. The minimum atomic E-state index is -0.0829. The Hall–Kier alpha value is -4.03. The highest BCUT2D eigenvalue weighted by Gasteiger charge is 2.35. The lowest BCUT2D eigenvalue weighted by molar-refractivity contribution is 0.0872. The molecule has 6 nitrogen and oxygen atoms in total. The van der Waals surface area contributed by atoms with Crippen molar-refractivity contribution in [3.05, 3.63) is 94.4 Å². The Morgan fingerprint density at radius 2 is 1.91 bits per heavy atom. The number of hydrogen-bond acceptors (Lipinski definition) is 5. The van der Waals surface area contributed by atoms with E-state index in [-0.39, 0.29) is 5.78 Å². The van der Waals surface area contributed by atoms with Gasteiger partial charge in [-0.25, -0.2) is 0 Å². The number of carbonyl (C=O) groups is 1. The van der Waals surface area contributed by atoms with E-state index in [2.05, 4.69) is 33.7 Å².